The minimum atomic E-state index is -3.54. The summed E-state index contributed by atoms with van der Waals surface area (Å²) in [4.78, 5) is 0.205. The second kappa shape index (κ2) is 6.47. The average molecular weight is 325 g/mol. The number of benzene rings is 2. The highest BCUT2D eigenvalue weighted by Gasteiger charge is 2.17. The monoisotopic (exact) mass is 324 g/mol. The lowest BCUT2D eigenvalue weighted by Gasteiger charge is -2.14. The third kappa shape index (κ3) is 4.46. The molecular weight excluding hydrogens is 308 g/mol. The third-order valence-corrected chi connectivity index (χ3v) is 4.86. The fourth-order valence-electron chi connectivity index (χ4n) is 2.00. The van der Waals surface area contributed by atoms with E-state index in [-0.39, 0.29) is 10.9 Å². The molecule has 0 fully saturated rings. The molecular formula is C15H17ClN2O2S. The van der Waals surface area contributed by atoms with Gasteiger partial charge in [-0.05, 0) is 55.3 Å². The van der Waals surface area contributed by atoms with Crippen LogP contribution in [0, 0.1) is 0 Å². The highest BCUT2D eigenvalue weighted by Crippen LogP contribution is 2.15. The van der Waals surface area contributed by atoms with E-state index >= 15 is 0 Å². The minimum Gasteiger partial charge on any atom is -0.399 e. The molecule has 1 unspecified atom stereocenters. The van der Waals surface area contributed by atoms with E-state index in [0.717, 1.165) is 5.56 Å². The van der Waals surface area contributed by atoms with E-state index < -0.39 is 10.0 Å². The van der Waals surface area contributed by atoms with Gasteiger partial charge in [0.15, 0.2) is 0 Å². The summed E-state index contributed by atoms with van der Waals surface area (Å²) in [6, 6.07) is 13.2. The Bertz CT molecular complexity index is 697. The first-order chi connectivity index (χ1) is 9.87. The molecule has 0 aliphatic carbocycles. The second-order valence-corrected chi connectivity index (χ2v) is 7.07. The number of nitrogens with one attached hydrogen (secondary N) is 1. The SMILES string of the molecule is CC(Cc1ccc(N)cc1)NS(=O)(=O)c1ccc(Cl)cc1. The van der Waals surface area contributed by atoms with Gasteiger partial charge in [0.05, 0.1) is 4.90 Å². The van der Waals surface area contributed by atoms with E-state index in [9.17, 15) is 8.42 Å². The molecule has 6 heteroatoms. The first kappa shape index (κ1) is 15.8. The van der Waals surface area contributed by atoms with Gasteiger partial charge >= 0.3 is 0 Å². The molecule has 0 aliphatic rings. The molecule has 0 aliphatic heterocycles. The van der Waals surface area contributed by atoms with E-state index in [1.807, 2.05) is 19.1 Å². The summed E-state index contributed by atoms with van der Waals surface area (Å²) in [5, 5.41) is 0.504. The zero-order valence-electron chi connectivity index (χ0n) is 11.6. The first-order valence-electron chi connectivity index (χ1n) is 6.49. The van der Waals surface area contributed by atoms with E-state index in [1.165, 1.54) is 12.1 Å². The van der Waals surface area contributed by atoms with Gasteiger partial charge < -0.3 is 5.73 Å². The van der Waals surface area contributed by atoms with Crippen LogP contribution in [0.5, 0.6) is 0 Å². The number of sulfonamides is 1. The van der Waals surface area contributed by atoms with Crippen LogP contribution in [0.1, 0.15) is 12.5 Å². The van der Waals surface area contributed by atoms with Crippen molar-refractivity contribution in [2.45, 2.75) is 24.3 Å². The van der Waals surface area contributed by atoms with Crippen LogP contribution >= 0.6 is 11.6 Å². The summed E-state index contributed by atoms with van der Waals surface area (Å²) in [5.41, 5.74) is 7.34. The first-order valence-corrected chi connectivity index (χ1v) is 8.35. The van der Waals surface area contributed by atoms with Crippen LogP contribution in [0.15, 0.2) is 53.4 Å². The molecule has 21 heavy (non-hydrogen) atoms. The van der Waals surface area contributed by atoms with Gasteiger partial charge in [0, 0.05) is 16.8 Å². The van der Waals surface area contributed by atoms with Crippen molar-refractivity contribution in [2.24, 2.45) is 0 Å². The number of anilines is 1. The molecule has 0 heterocycles. The Hall–Kier alpha value is -1.56. The second-order valence-electron chi connectivity index (χ2n) is 4.92. The maximum Gasteiger partial charge on any atom is 0.240 e. The molecule has 0 saturated heterocycles. The molecule has 0 bridgehead atoms. The summed E-state index contributed by atoms with van der Waals surface area (Å²) < 4.78 is 27.1. The summed E-state index contributed by atoms with van der Waals surface area (Å²) in [6.07, 6.45) is 0.590. The van der Waals surface area contributed by atoms with Crippen molar-refractivity contribution in [3.8, 4) is 0 Å². The molecule has 0 spiro atoms. The molecule has 2 aromatic carbocycles. The number of hydrogen-bond donors (Lipinski definition) is 2. The van der Waals surface area contributed by atoms with Crippen molar-refractivity contribution < 1.29 is 8.42 Å². The fourth-order valence-corrected chi connectivity index (χ4v) is 3.37. The van der Waals surface area contributed by atoms with E-state index in [2.05, 4.69) is 4.72 Å². The van der Waals surface area contributed by atoms with E-state index in [4.69, 9.17) is 17.3 Å². The minimum absolute atomic E-state index is 0.205. The smallest absolute Gasteiger partial charge is 0.240 e. The highest BCUT2D eigenvalue weighted by molar-refractivity contribution is 7.89. The van der Waals surface area contributed by atoms with E-state index in [0.29, 0.717) is 17.1 Å². The fraction of sp³-hybridized carbons (Fsp3) is 0.200. The number of halogens is 1. The predicted molar refractivity (Wildman–Crippen MR) is 85.8 cm³/mol. The molecule has 3 N–H and O–H groups in total. The van der Waals surface area contributed by atoms with Crippen molar-refractivity contribution in [1.82, 2.24) is 4.72 Å². The summed E-state index contributed by atoms with van der Waals surface area (Å²) in [7, 11) is -3.54. The molecule has 0 aromatic heterocycles. The molecule has 0 radical (unpaired) electrons. The standard InChI is InChI=1S/C15H17ClN2O2S/c1-11(10-12-2-6-14(17)7-3-12)18-21(19,20)15-8-4-13(16)5-9-15/h2-9,11,18H,10,17H2,1H3. The van der Waals surface area contributed by atoms with Gasteiger partial charge in [-0.1, -0.05) is 23.7 Å². The van der Waals surface area contributed by atoms with Gasteiger partial charge in [-0.2, -0.15) is 0 Å². The molecule has 112 valence electrons. The lowest BCUT2D eigenvalue weighted by atomic mass is 10.1. The van der Waals surface area contributed by atoms with Crippen molar-refractivity contribution in [3.63, 3.8) is 0 Å². The number of nitrogens with two attached hydrogens (primary N) is 1. The van der Waals surface area contributed by atoms with Crippen LogP contribution < -0.4 is 10.5 Å². The lowest BCUT2D eigenvalue weighted by Crippen LogP contribution is -2.34. The van der Waals surface area contributed by atoms with Gasteiger partial charge in [0.2, 0.25) is 10.0 Å². The molecule has 0 saturated carbocycles. The quantitative estimate of drug-likeness (QED) is 0.831. The molecule has 4 nitrogen and oxygen atoms in total. The van der Waals surface area contributed by atoms with E-state index in [1.54, 1.807) is 24.3 Å². The number of rotatable bonds is 5. The maximum absolute atomic E-state index is 12.2. The van der Waals surface area contributed by atoms with Crippen LogP contribution in [0.2, 0.25) is 5.02 Å². The number of hydrogen-bond acceptors (Lipinski definition) is 3. The summed E-state index contributed by atoms with van der Waals surface area (Å²) in [6.45, 7) is 1.82. The molecule has 2 rings (SSSR count). The van der Waals surface area contributed by atoms with Crippen LogP contribution in [0.25, 0.3) is 0 Å². The van der Waals surface area contributed by atoms with Gasteiger partial charge in [0.25, 0.3) is 0 Å². The normalized spacial score (nSPS) is 13.0. The maximum atomic E-state index is 12.2. The van der Waals surface area contributed by atoms with Crippen LogP contribution in [0.4, 0.5) is 5.69 Å². The van der Waals surface area contributed by atoms with Gasteiger partial charge in [-0.15, -0.1) is 0 Å². The summed E-state index contributed by atoms with van der Waals surface area (Å²) >= 11 is 5.76. The van der Waals surface area contributed by atoms with Crippen molar-refractivity contribution >= 4 is 27.3 Å². The average Bonchev–Trinajstić information content (AvgIpc) is 2.41. The molecule has 0 amide bonds. The Morgan fingerprint density at radius 1 is 1.10 bits per heavy atom. The Balaban J connectivity index is 2.05. The van der Waals surface area contributed by atoms with Crippen LogP contribution in [0.3, 0.4) is 0 Å². The predicted octanol–water partition coefficient (Wildman–Crippen LogP) is 2.83. The van der Waals surface area contributed by atoms with Crippen molar-refractivity contribution in [2.75, 3.05) is 5.73 Å². The van der Waals surface area contributed by atoms with Gasteiger partial charge in [-0.3, -0.25) is 0 Å². The van der Waals surface area contributed by atoms with Crippen LogP contribution in [-0.4, -0.2) is 14.5 Å². The third-order valence-electron chi connectivity index (χ3n) is 3.00. The summed E-state index contributed by atoms with van der Waals surface area (Å²) in [5.74, 6) is 0. The van der Waals surface area contributed by atoms with Crippen LogP contribution in [-0.2, 0) is 16.4 Å². The van der Waals surface area contributed by atoms with Crippen molar-refractivity contribution in [1.29, 1.82) is 0 Å². The number of nitrogen functional groups attached to an aromatic ring is 1. The van der Waals surface area contributed by atoms with Crippen molar-refractivity contribution in [3.05, 3.63) is 59.1 Å². The van der Waals surface area contributed by atoms with Gasteiger partial charge in [0.1, 0.15) is 0 Å². The topological polar surface area (TPSA) is 72.2 Å². The molecule has 2 aromatic rings. The zero-order chi connectivity index (χ0) is 15.5. The zero-order valence-corrected chi connectivity index (χ0v) is 13.2. The lowest BCUT2D eigenvalue weighted by molar-refractivity contribution is 0.560. The Kier molecular flexibility index (Phi) is 4.88. The largest absolute Gasteiger partial charge is 0.399 e. The Morgan fingerprint density at radius 3 is 2.24 bits per heavy atom. The van der Waals surface area contributed by atoms with Gasteiger partial charge in [-0.25, -0.2) is 13.1 Å². The Labute approximate surface area is 130 Å². The Morgan fingerprint density at radius 2 is 1.67 bits per heavy atom. The highest BCUT2D eigenvalue weighted by atomic mass is 35.5. The molecule has 1 atom stereocenters.